The lowest BCUT2D eigenvalue weighted by atomic mass is 10.1. The Hall–Kier alpha value is -1.88. The molecule has 2 rings (SSSR count). The smallest absolute Gasteiger partial charge is 0.351 e. The normalized spacial score (nSPS) is 29.2. The molecule has 1 aliphatic heterocycles. The first kappa shape index (κ1) is 15.5. The van der Waals surface area contributed by atoms with Crippen LogP contribution < -0.4 is 5.69 Å². The molecule has 0 aromatic carbocycles. The van der Waals surface area contributed by atoms with Crippen LogP contribution in [0.15, 0.2) is 27.4 Å². The van der Waals surface area contributed by atoms with Crippen LogP contribution in [0.25, 0.3) is 0 Å². The van der Waals surface area contributed by atoms with Gasteiger partial charge in [0, 0.05) is 26.4 Å². The van der Waals surface area contributed by atoms with E-state index in [0.29, 0.717) is 0 Å². The van der Waals surface area contributed by atoms with E-state index in [2.05, 4.69) is 15.3 Å². The van der Waals surface area contributed by atoms with Gasteiger partial charge in [0.15, 0.2) is 12.0 Å². The van der Waals surface area contributed by atoms with Crippen molar-refractivity contribution in [3.63, 3.8) is 0 Å². The number of hydrogen-bond donors (Lipinski definition) is 3. The minimum absolute atomic E-state index is 0.108. The molecule has 1 fully saturated rings. The summed E-state index contributed by atoms with van der Waals surface area (Å²) in [5.74, 6) is 0.108. The Morgan fingerprint density at radius 2 is 2.14 bits per heavy atom. The van der Waals surface area contributed by atoms with Gasteiger partial charge < -0.3 is 20.1 Å². The van der Waals surface area contributed by atoms with E-state index in [1.165, 1.54) is 17.3 Å². The Bertz CT molecular complexity index is 574. The van der Waals surface area contributed by atoms with E-state index in [1.54, 1.807) is 14.1 Å². The summed E-state index contributed by atoms with van der Waals surface area (Å²) in [7, 11) is 3.34. The standard InChI is InChI=1S/C11H17N5O5/c1-15(2)14-13-7-3-4-16(11(20)12-7)10-9(19)8(18)6(5-17)21-10/h3-4,6,8-10,17-19H,5H2,1-2H3/b14-13+/t6-,8?,9-,10-/m1/s1. The highest BCUT2D eigenvalue weighted by Crippen LogP contribution is 2.28. The molecule has 0 spiro atoms. The van der Waals surface area contributed by atoms with Crippen LogP contribution >= 0.6 is 0 Å². The highest BCUT2D eigenvalue weighted by Gasteiger charge is 2.43. The lowest BCUT2D eigenvalue weighted by Crippen LogP contribution is -2.35. The summed E-state index contributed by atoms with van der Waals surface area (Å²) < 4.78 is 6.28. The van der Waals surface area contributed by atoms with Gasteiger partial charge in [-0.3, -0.25) is 9.58 Å². The zero-order valence-electron chi connectivity index (χ0n) is 11.6. The first-order valence-electron chi connectivity index (χ1n) is 6.24. The molecule has 2 heterocycles. The van der Waals surface area contributed by atoms with Gasteiger partial charge in [-0.15, -0.1) is 5.11 Å². The maximum atomic E-state index is 11.9. The fraction of sp³-hybridized carbons (Fsp3) is 0.636. The fourth-order valence-electron chi connectivity index (χ4n) is 1.90. The molecule has 1 unspecified atom stereocenters. The van der Waals surface area contributed by atoms with Crippen molar-refractivity contribution in [3.8, 4) is 0 Å². The Labute approximate surface area is 119 Å². The highest BCUT2D eigenvalue weighted by molar-refractivity contribution is 5.22. The number of hydrogen-bond acceptors (Lipinski definition) is 8. The summed E-state index contributed by atoms with van der Waals surface area (Å²) >= 11 is 0. The third-order valence-electron chi connectivity index (χ3n) is 2.93. The maximum absolute atomic E-state index is 11.9. The molecular formula is C11H17N5O5. The monoisotopic (exact) mass is 299 g/mol. The first-order chi connectivity index (χ1) is 9.93. The van der Waals surface area contributed by atoms with Crippen molar-refractivity contribution in [1.82, 2.24) is 14.6 Å². The third kappa shape index (κ3) is 3.24. The molecule has 4 atom stereocenters. The molecule has 0 aliphatic carbocycles. The SMILES string of the molecule is CN(C)/N=N/c1ccn([C@@H]2O[C@H](CO)C(O)[C@H]2O)c(=O)n1. The van der Waals surface area contributed by atoms with E-state index in [4.69, 9.17) is 9.84 Å². The molecule has 0 radical (unpaired) electrons. The Morgan fingerprint density at radius 3 is 2.67 bits per heavy atom. The number of aliphatic hydroxyl groups excluding tert-OH is 3. The van der Waals surface area contributed by atoms with Gasteiger partial charge in [-0.2, -0.15) is 4.98 Å². The molecule has 1 aromatic heterocycles. The number of aliphatic hydroxyl groups is 3. The van der Waals surface area contributed by atoms with Gasteiger partial charge >= 0.3 is 5.69 Å². The van der Waals surface area contributed by atoms with Crippen molar-refractivity contribution in [2.45, 2.75) is 24.5 Å². The summed E-state index contributed by atoms with van der Waals surface area (Å²) in [6.07, 6.45) is -3.35. The summed E-state index contributed by atoms with van der Waals surface area (Å²) in [6, 6.07) is 1.42. The molecule has 10 heteroatoms. The zero-order valence-corrected chi connectivity index (χ0v) is 11.6. The fourth-order valence-corrected chi connectivity index (χ4v) is 1.90. The van der Waals surface area contributed by atoms with Gasteiger partial charge in [-0.25, -0.2) is 4.79 Å². The second kappa shape index (κ2) is 6.26. The van der Waals surface area contributed by atoms with Crippen molar-refractivity contribution in [2.24, 2.45) is 10.3 Å². The average Bonchev–Trinajstić information content (AvgIpc) is 2.73. The van der Waals surface area contributed by atoms with Gasteiger partial charge in [-0.1, -0.05) is 5.22 Å². The van der Waals surface area contributed by atoms with Crippen molar-refractivity contribution >= 4 is 5.82 Å². The molecular weight excluding hydrogens is 282 g/mol. The lowest BCUT2D eigenvalue weighted by molar-refractivity contribution is -0.0549. The Morgan fingerprint density at radius 1 is 1.43 bits per heavy atom. The van der Waals surface area contributed by atoms with Gasteiger partial charge in [-0.05, 0) is 0 Å². The van der Waals surface area contributed by atoms with E-state index in [1.807, 2.05) is 0 Å². The van der Waals surface area contributed by atoms with Crippen LogP contribution in [0.3, 0.4) is 0 Å². The molecule has 1 saturated heterocycles. The van der Waals surface area contributed by atoms with Crippen molar-refractivity contribution in [1.29, 1.82) is 0 Å². The van der Waals surface area contributed by atoms with Crippen molar-refractivity contribution in [3.05, 3.63) is 22.7 Å². The van der Waals surface area contributed by atoms with Crippen LogP contribution in [0.5, 0.6) is 0 Å². The predicted octanol–water partition coefficient (Wildman–Crippen LogP) is -1.58. The molecule has 21 heavy (non-hydrogen) atoms. The summed E-state index contributed by atoms with van der Waals surface area (Å²) in [4.78, 5) is 15.6. The van der Waals surface area contributed by atoms with Crippen LogP contribution in [0.2, 0.25) is 0 Å². The molecule has 1 aromatic rings. The van der Waals surface area contributed by atoms with E-state index in [9.17, 15) is 15.0 Å². The van der Waals surface area contributed by atoms with Crippen molar-refractivity contribution in [2.75, 3.05) is 20.7 Å². The molecule has 10 nitrogen and oxygen atoms in total. The zero-order chi connectivity index (χ0) is 15.6. The molecule has 1 aliphatic rings. The first-order valence-corrected chi connectivity index (χ1v) is 6.24. The Balaban J connectivity index is 2.24. The van der Waals surface area contributed by atoms with Crippen LogP contribution in [0.1, 0.15) is 6.23 Å². The van der Waals surface area contributed by atoms with Gasteiger partial charge in [0.2, 0.25) is 0 Å². The van der Waals surface area contributed by atoms with Crippen molar-refractivity contribution < 1.29 is 20.1 Å². The van der Waals surface area contributed by atoms with Gasteiger partial charge in [0.05, 0.1) is 6.61 Å². The van der Waals surface area contributed by atoms with E-state index in [-0.39, 0.29) is 5.82 Å². The van der Waals surface area contributed by atoms with Crippen LogP contribution in [-0.4, -0.2) is 68.9 Å². The third-order valence-corrected chi connectivity index (χ3v) is 2.93. The molecule has 116 valence electrons. The van der Waals surface area contributed by atoms with E-state index in [0.717, 1.165) is 4.57 Å². The molecule has 0 amide bonds. The van der Waals surface area contributed by atoms with E-state index >= 15 is 0 Å². The molecule has 3 N–H and O–H groups in total. The highest BCUT2D eigenvalue weighted by atomic mass is 16.6. The van der Waals surface area contributed by atoms with E-state index < -0.39 is 36.8 Å². The Kier molecular flexibility index (Phi) is 4.63. The van der Waals surface area contributed by atoms with Crippen LogP contribution in [0, 0.1) is 0 Å². The maximum Gasteiger partial charge on any atom is 0.351 e. The quantitative estimate of drug-likeness (QED) is 0.451. The molecule has 0 bridgehead atoms. The second-order valence-electron chi connectivity index (χ2n) is 4.74. The number of ether oxygens (including phenoxy) is 1. The molecule has 0 saturated carbocycles. The number of nitrogens with zero attached hydrogens (tertiary/aromatic N) is 5. The predicted molar refractivity (Wildman–Crippen MR) is 69.7 cm³/mol. The minimum Gasteiger partial charge on any atom is -0.394 e. The lowest BCUT2D eigenvalue weighted by Gasteiger charge is -2.16. The van der Waals surface area contributed by atoms with Gasteiger partial charge in [0.1, 0.15) is 18.3 Å². The number of aromatic nitrogens is 2. The summed E-state index contributed by atoms with van der Waals surface area (Å²) in [6.45, 7) is -0.466. The average molecular weight is 299 g/mol. The second-order valence-corrected chi connectivity index (χ2v) is 4.74. The van der Waals surface area contributed by atoms with Gasteiger partial charge in [0.25, 0.3) is 0 Å². The summed E-state index contributed by atoms with van der Waals surface area (Å²) in [5, 5.41) is 37.4. The van der Waals surface area contributed by atoms with Crippen LogP contribution in [0.4, 0.5) is 5.82 Å². The topological polar surface area (TPSA) is 133 Å². The number of rotatable bonds is 4. The summed E-state index contributed by atoms with van der Waals surface area (Å²) in [5.41, 5.74) is -0.708. The minimum atomic E-state index is -1.34. The van der Waals surface area contributed by atoms with Crippen LogP contribution in [-0.2, 0) is 4.74 Å². The largest absolute Gasteiger partial charge is 0.394 e.